The lowest BCUT2D eigenvalue weighted by molar-refractivity contribution is -0.161. The Morgan fingerprint density at radius 2 is 1.45 bits per heavy atom. The molecule has 0 aliphatic heterocycles. The Morgan fingerprint density at radius 1 is 1.05 bits per heavy atom. The molecular formula is C14H20O7S. The summed E-state index contributed by atoms with van der Waals surface area (Å²) in [5.74, 6) is -2.57. The lowest BCUT2D eigenvalue weighted by Crippen LogP contribution is -2.32. The Labute approximate surface area is 129 Å². The summed E-state index contributed by atoms with van der Waals surface area (Å²) in [7, 11) is -4.08. The summed E-state index contributed by atoms with van der Waals surface area (Å²) in [5, 5.41) is 16.5. The van der Waals surface area contributed by atoms with Crippen molar-refractivity contribution in [3.8, 4) is 0 Å². The molecule has 0 aliphatic rings. The lowest BCUT2D eigenvalue weighted by atomic mass is 9.95. The predicted octanol–water partition coefficient (Wildman–Crippen LogP) is 2.24. The molecule has 0 heterocycles. The van der Waals surface area contributed by atoms with E-state index in [0.29, 0.717) is 5.56 Å². The highest BCUT2D eigenvalue weighted by Gasteiger charge is 2.35. The second-order valence-corrected chi connectivity index (χ2v) is 6.79. The first-order chi connectivity index (χ1) is 9.81. The van der Waals surface area contributed by atoms with Crippen LogP contribution in [-0.2, 0) is 19.7 Å². The van der Waals surface area contributed by atoms with Gasteiger partial charge in [0.05, 0.1) is 4.90 Å². The molecule has 124 valence electrons. The topological polar surface area (TPSA) is 129 Å². The van der Waals surface area contributed by atoms with Crippen molar-refractivity contribution in [3.05, 3.63) is 29.8 Å². The number of hydrogen-bond acceptors (Lipinski definition) is 4. The molecule has 0 unspecified atom stereocenters. The van der Waals surface area contributed by atoms with Crippen molar-refractivity contribution >= 4 is 22.1 Å². The van der Waals surface area contributed by atoms with Gasteiger partial charge in [0.15, 0.2) is 5.41 Å². The number of carboxylic acid groups (broad SMARTS) is 2. The van der Waals surface area contributed by atoms with Crippen LogP contribution >= 0.6 is 0 Å². The van der Waals surface area contributed by atoms with Crippen molar-refractivity contribution < 1.29 is 32.8 Å². The fraction of sp³-hybridized carbons (Fsp3) is 0.429. The van der Waals surface area contributed by atoms with Crippen LogP contribution in [0, 0.1) is 5.41 Å². The second-order valence-electron chi connectivity index (χ2n) is 5.40. The summed E-state index contributed by atoms with van der Waals surface area (Å²) < 4.78 is 30.7. The van der Waals surface area contributed by atoms with Gasteiger partial charge in [-0.25, -0.2) is 0 Å². The average molecular weight is 332 g/mol. The van der Waals surface area contributed by atoms with E-state index in [9.17, 15) is 18.0 Å². The molecule has 8 heteroatoms. The van der Waals surface area contributed by atoms with Gasteiger partial charge in [-0.1, -0.05) is 32.0 Å². The zero-order valence-corrected chi connectivity index (χ0v) is 13.6. The number of aliphatic carboxylic acids is 2. The quantitative estimate of drug-likeness (QED) is 0.569. The molecule has 0 saturated heterocycles. The highest BCUT2D eigenvalue weighted by atomic mass is 32.2. The van der Waals surface area contributed by atoms with Gasteiger partial charge in [-0.15, -0.1) is 0 Å². The fourth-order valence-corrected chi connectivity index (χ4v) is 2.14. The van der Waals surface area contributed by atoms with Crippen LogP contribution < -0.4 is 0 Å². The van der Waals surface area contributed by atoms with Gasteiger partial charge in [-0.05, 0) is 31.4 Å². The molecule has 3 N–H and O–H groups in total. The van der Waals surface area contributed by atoms with Crippen LogP contribution in [0.25, 0.3) is 0 Å². The molecule has 0 aliphatic carbocycles. The van der Waals surface area contributed by atoms with Crippen LogP contribution in [-0.4, -0.2) is 35.1 Å². The Morgan fingerprint density at radius 3 is 1.68 bits per heavy atom. The zero-order chi connectivity index (χ0) is 17.7. The monoisotopic (exact) mass is 332 g/mol. The van der Waals surface area contributed by atoms with Crippen LogP contribution in [0.1, 0.15) is 39.2 Å². The zero-order valence-electron chi connectivity index (χ0n) is 12.8. The normalized spacial score (nSPS) is 11.5. The van der Waals surface area contributed by atoms with Gasteiger partial charge in [0, 0.05) is 0 Å². The van der Waals surface area contributed by atoms with Crippen LogP contribution in [0.5, 0.6) is 0 Å². The lowest BCUT2D eigenvalue weighted by Gasteiger charge is -2.10. The third kappa shape index (κ3) is 5.45. The van der Waals surface area contributed by atoms with Crippen molar-refractivity contribution in [2.45, 2.75) is 38.5 Å². The Hall–Kier alpha value is -1.93. The van der Waals surface area contributed by atoms with Crippen LogP contribution in [0.15, 0.2) is 29.2 Å². The molecule has 22 heavy (non-hydrogen) atoms. The van der Waals surface area contributed by atoms with Gasteiger partial charge in [0.25, 0.3) is 10.1 Å². The van der Waals surface area contributed by atoms with Gasteiger partial charge >= 0.3 is 11.9 Å². The summed E-state index contributed by atoms with van der Waals surface area (Å²) in [6.45, 7) is 6.03. The Kier molecular flexibility index (Phi) is 6.72. The third-order valence-corrected chi connectivity index (χ3v) is 3.82. The maximum Gasteiger partial charge on any atom is 0.320 e. The van der Waals surface area contributed by atoms with Gasteiger partial charge in [-0.3, -0.25) is 14.1 Å². The van der Waals surface area contributed by atoms with Gasteiger partial charge < -0.3 is 10.2 Å². The summed E-state index contributed by atoms with van der Waals surface area (Å²) in [6.07, 6.45) is 0. The number of rotatable bonds is 4. The largest absolute Gasteiger partial charge is 0.480 e. The van der Waals surface area contributed by atoms with E-state index in [-0.39, 0.29) is 10.8 Å². The maximum absolute atomic E-state index is 10.9. The predicted molar refractivity (Wildman–Crippen MR) is 79.4 cm³/mol. The van der Waals surface area contributed by atoms with E-state index in [1.807, 2.05) is 13.8 Å². The van der Waals surface area contributed by atoms with E-state index in [4.69, 9.17) is 14.8 Å². The van der Waals surface area contributed by atoms with Crippen LogP contribution in [0.3, 0.4) is 0 Å². The van der Waals surface area contributed by atoms with Crippen molar-refractivity contribution in [1.29, 1.82) is 0 Å². The van der Waals surface area contributed by atoms with E-state index < -0.39 is 27.5 Å². The molecule has 0 radical (unpaired) electrons. The molecule has 0 atom stereocenters. The first-order valence-corrected chi connectivity index (χ1v) is 7.79. The molecule has 0 saturated carbocycles. The molecule has 0 aromatic heterocycles. The minimum atomic E-state index is -4.08. The van der Waals surface area contributed by atoms with E-state index in [2.05, 4.69) is 0 Å². The number of benzene rings is 1. The van der Waals surface area contributed by atoms with Crippen molar-refractivity contribution in [2.24, 2.45) is 5.41 Å². The highest BCUT2D eigenvalue weighted by molar-refractivity contribution is 7.85. The second kappa shape index (κ2) is 7.37. The van der Waals surface area contributed by atoms with E-state index in [1.165, 1.54) is 6.07 Å². The smallest absolute Gasteiger partial charge is 0.320 e. The molecule has 0 bridgehead atoms. The molecule has 1 aromatic rings. The number of carbonyl (C=O) groups is 2. The molecule has 0 fully saturated rings. The van der Waals surface area contributed by atoms with Gasteiger partial charge in [-0.2, -0.15) is 8.42 Å². The highest BCUT2D eigenvalue weighted by Crippen LogP contribution is 2.22. The summed E-state index contributed by atoms with van der Waals surface area (Å²) >= 11 is 0. The maximum atomic E-state index is 10.9. The Balaban J connectivity index is 0.000000433. The number of carboxylic acids is 2. The van der Waals surface area contributed by atoms with Gasteiger partial charge in [0.1, 0.15) is 0 Å². The molecule has 1 rings (SSSR count). The summed E-state index contributed by atoms with van der Waals surface area (Å²) in [4.78, 5) is 20.2. The fourth-order valence-electron chi connectivity index (χ4n) is 1.28. The molecule has 1 aromatic carbocycles. The van der Waals surface area contributed by atoms with Crippen LogP contribution in [0.4, 0.5) is 0 Å². The van der Waals surface area contributed by atoms with Crippen molar-refractivity contribution in [2.75, 3.05) is 0 Å². The van der Waals surface area contributed by atoms with Gasteiger partial charge in [0.2, 0.25) is 0 Å². The molecule has 7 nitrogen and oxygen atoms in total. The Bertz CT molecular complexity index is 629. The summed E-state index contributed by atoms with van der Waals surface area (Å²) in [5.41, 5.74) is -1.02. The minimum Gasteiger partial charge on any atom is -0.480 e. The number of hydrogen-bond donors (Lipinski definition) is 3. The first-order valence-electron chi connectivity index (χ1n) is 6.35. The molecule has 0 amide bonds. The minimum absolute atomic E-state index is 0.00463. The van der Waals surface area contributed by atoms with Crippen LogP contribution in [0.2, 0.25) is 0 Å². The first kappa shape index (κ1) is 20.1. The SMILES string of the molecule is CC(C)(C(=O)O)C(=O)O.CC(C)c1ccccc1S(=O)(=O)O. The van der Waals surface area contributed by atoms with E-state index in [0.717, 1.165) is 13.8 Å². The standard InChI is InChI=1S/C9H12O3S.C5H8O4/c1-7(2)8-5-3-4-6-9(8)13(10,11)12;1-5(2,3(6)7)4(8)9/h3-7H,1-2H3,(H,10,11,12);1-2H3,(H,6,7)(H,8,9). The van der Waals surface area contributed by atoms with Crippen molar-refractivity contribution in [3.63, 3.8) is 0 Å². The summed E-state index contributed by atoms with van der Waals surface area (Å²) in [6, 6.07) is 6.46. The molecular weight excluding hydrogens is 312 g/mol. The third-order valence-electron chi connectivity index (χ3n) is 2.89. The van der Waals surface area contributed by atoms with E-state index in [1.54, 1.807) is 18.2 Å². The molecule has 0 spiro atoms. The van der Waals surface area contributed by atoms with E-state index >= 15 is 0 Å². The van der Waals surface area contributed by atoms with Crippen molar-refractivity contribution in [1.82, 2.24) is 0 Å². The average Bonchev–Trinajstić information content (AvgIpc) is 2.38.